The summed E-state index contributed by atoms with van der Waals surface area (Å²) in [5.41, 5.74) is -4.30. The highest BCUT2D eigenvalue weighted by Crippen LogP contribution is 2.38. The number of aromatic nitrogens is 3. The van der Waals surface area contributed by atoms with Crippen LogP contribution in [0, 0.1) is 11.8 Å². The first-order valence-electron chi connectivity index (χ1n) is 12.0. The van der Waals surface area contributed by atoms with E-state index in [1.807, 2.05) is 0 Å². The number of pyridine rings is 1. The molecule has 0 aliphatic heterocycles. The molecule has 0 bridgehead atoms. The summed E-state index contributed by atoms with van der Waals surface area (Å²) in [6, 6.07) is 9.02. The Labute approximate surface area is 234 Å². The standard InChI is InChI=1S/C27H22F6N6OS/c1-34-8-9-35-14-17-3-4-19(11-22(17)26(28,29)30)37-25(40)18-10-16(13-36-15-18)2-6-23-21-12-20(41-27(31,32)33)5-7-24(21)39-38-23/h3-5,7,10-13,15,34-35H,8-9,14H2,1H3,(H,37,40)(H,38,39). The molecular formula is C27H22F6N6OS. The molecule has 7 nitrogen and oxygen atoms in total. The van der Waals surface area contributed by atoms with Gasteiger partial charge in [0.1, 0.15) is 5.69 Å². The number of hydrogen-bond donors (Lipinski definition) is 4. The third kappa shape index (κ3) is 8.23. The van der Waals surface area contributed by atoms with E-state index in [1.54, 1.807) is 7.05 Å². The summed E-state index contributed by atoms with van der Waals surface area (Å²) in [5, 5.41) is 15.4. The Hall–Kier alpha value is -4.06. The number of nitrogens with one attached hydrogen (secondary N) is 4. The van der Waals surface area contributed by atoms with Crippen LogP contribution >= 0.6 is 11.8 Å². The summed E-state index contributed by atoms with van der Waals surface area (Å²) in [4.78, 5) is 16.8. The van der Waals surface area contributed by atoms with Crippen LogP contribution in [0.5, 0.6) is 0 Å². The zero-order valence-electron chi connectivity index (χ0n) is 21.3. The van der Waals surface area contributed by atoms with Gasteiger partial charge in [-0.15, -0.1) is 0 Å². The second kappa shape index (κ2) is 12.6. The van der Waals surface area contributed by atoms with Gasteiger partial charge in [-0.25, -0.2) is 0 Å². The Morgan fingerprint density at radius 3 is 2.54 bits per heavy atom. The number of carbonyl (C=O) groups excluding carboxylic acids is 1. The smallest absolute Gasteiger partial charge is 0.322 e. The summed E-state index contributed by atoms with van der Waals surface area (Å²) >= 11 is -0.256. The third-order valence-corrected chi connectivity index (χ3v) is 6.35. The summed E-state index contributed by atoms with van der Waals surface area (Å²) < 4.78 is 79.3. The van der Waals surface area contributed by atoms with E-state index >= 15 is 0 Å². The lowest BCUT2D eigenvalue weighted by molar-refractivity contribution is -0.138. The predicted octanol–water partition coefficient (Wildman–Crippen LogP) is 5.55. The van der Waals surface area contributed by atoms with Crippen LogP contribution in [0.4, 0.5) is 32.0 Å². The van der Waals surface area contributed by atoms with Gasteiger partial charge in [-0.2, -0.15) is 31.4 Å². The fourth-order valence-electron chi connectivity index (χ4n) is 3.76. The van der Waals surface area contributed by atoms with Gasteiger partial charge in [-0.05, 0) is 66.7 Å². The van der Waals surface area contributed by atoms with Crippen LogP contribution in [-0.4, -0.2) is 46.7 Å². The van der Waals surface area contributed by atoms with E-state index in [2.05, 4.69) is 43.0 Å². The number of benzene rings is 2. The number of rotatable bonds is 8. The molecule has 2 aromatic heterocycles. The number of alkyl halides is 6. The quantitative estimate of drug-likeness (QED) is 0.0928. The van der Waals surface area contributed by atoms with E-state index in [-0.39, 0.29) is 45.7 Å². The molecular weight excluding hydrogens is 570 g/mol. The van der Waals surface area contributed by atoms with Crippen molar-refractivity contribution in [3.63, 3.8) is 0 Å². The van der Waals surface area contributed by atoms with Gasteiger partial charge in [-0.3, -0.25) is 14.9 Å². The highest BCUT2D eigenvalue weighted by molar-refractivity contribution is 8.00. The highest BCUT2D eigenvalue weighted by atomic mass is 32.2. The molecule has 0 fully saturated rings. The van der Waals surface area contributed by atoms with Crippen LogP contribution < -0.4 is 16.0 Å². The Kier molecular flexibility index (Phi) is 9.21. The fraction of sp³-hybridized carbons (Fsp3) is 0.222. The van der Waals surface area contributed by atoms with Crippen molar-refractivity contribution in [2.45, 2.75) is 23.1 Å². The van der Waals surface area contributed by atoms with E-state index in [4.69, 9.17) is 0 Å². The summed E-state index contributed by atoms with van der Waals surface area (Å²) in [6.45, 7) is 1.07. The SMILES string of the molecule is CNCCNCc1ccc(NC(=O)c2cncc(C#Cc3[nH]nc4ccc(SC(F)(F)F)cc34)c2)cc1C(F)(F)F. The number of hydrogen-bond acceptors (Lipinski definition) is 6. The maximum Gasteiger partial charge on any atom is 0.446 e. The summed E-state index contributed by atoms with van der Waals surface area (Å²) in [5.74, 6) is 4.86. The van der Waals surface area contributed by atoms with Gasteiger partial charge >= 0.3 is 11.7 Å². The zero-order chi connectivity index (χ0) is 29.6. The Balaban J connectivity index is 1.51. The molecule has 214 valence electrons. The molecule has 4 N–H and O–H groups in total. The maximum atomic E-state index is 13.7. The molecule has 0 aliphatic carbocycles. The second-order valence-corrected chi connectivity index (χ2v) is 9.78. The lowest BCUT2D eigenvalue weighted by atomic mass is 10.1. The molecule has 1 amide bonds. The number of nitrogens with zero attached hydrogens (tertiary/aromatic N) is 2. The highest BCUT2D eigenvalue weighted by Gasteiger charge is 2.33. The molecule has 14 heteroatoms. The van der Waals surface area contributed by atoms with Crippen molar-refractivity contribution in [2.75, 3.05) is 25.5 Å². The number of aromatic amines is 1. The number of likely N-dealkylation sites (N-methyl/N-ethyl adjacent to an activating group) is 1. The monoisotopic (exact) mass is 592 g/mol. The van der Waals surface area contributed by atoms with Crippen molar-refractivity contribution in [1.29, 1.82) is 0 Å². The summed E-state index contributed by atoms with van der Waals surface area (Å²) in [7, 11) is 1.73. The average molecular weight is 593 g/mol. The number of fused-ring (bicyclic) bond motifs is 1. The van der Waals surface area contributed by atoms with Crippen molar-refractivity contribution in [3.8, 4) is 11.8 Å². The lowest BCUT2D eigenvalue weighted by Crippen LogP contribution is -2.25. The minimum absolute atomic E-state index is 0.00345. The second-order valence-electron chi connectivity index (χ2n) is 8.64. The van der Waals surface area contributed by atoms with Crippen molar-refractivity contribution in [3.05, 3.63) is 82.8 Å². The first-order valence-corrected chi connectivity index (χ1v) is 12.8. The van der Waals surface area contributed by atoms with Crippen LogP contribution in [0.1, 0.15) is 32.7 Å². The minimum atomic E-state index is -4.62. The molecule has 0 saturated heterocycles. The Morgan fingerprint density at radius 1 is 1.00 bits per heavy atom. The third-order valence-electron chi connectivity index (χ3n) is 5.63. The topological polar surface area (TPSA) is 94.7 Å². The average Bonchev–Trinajstić information content (AvgIpc) is 3.31. The van der Waals surface area contributed by atoms with Crippen molar-refractivity contribution in [2.24, 2.45) is 0 Å². The molecule has 41 heavy (non-hydrogen) atoms. The molecule has 2 aromatic carbocycles. The fourth-order valence-corrected chi connectivity index (χ4v) is 4.34. The first kappa shape index (κ1) is 29.9. The number of thioether (sulfide) groups is 1. The Morgan fingerprint density at radius 2 is 1.80 bits per heavy atom. The maximum absolute atomic E-state index is 13.7. The number of halogens is 6. The van der Waals surface area contributed by atoms with Crippen LogP contribution in [-0.2, 0) is 12.7 Å². The molecule has 0 atom stereocenters. The van der Waals surface area contributed by atoms with Crippen LogP contribution in [0.25, 0.3) is 10.9 Å². The van der Waals surface area contributed by atoms with Gasteiger partial charge in [0.15, 0.2) is 0 Å². The van der Waals surface area contributed by atoms with Gasteiger partial charge in [0.25, 0.3) is 5.91 Å². The van der Waals surface area contributed by atoms with Crippen LogP contribution in [0.3, 0.4) is 0 Å². The van der Waals surface area contributed by atoms with Crippen molar-refractivity contribution in [1.82, 2.24) is 25.8 Å². The lowest BCUT2D eigenvalue weighted by Gasteiger charge is -2.16. The number of amides is 1. The molecule has 4 rings (SSSR count). The molecule has 2 heterocycles. The van der Waals surface area contributed by atoms with E-state index in [0.717, 1.165) is 6.07 Å². The van der Waals surface area contributed by atoms with Gasteiger partial charge in [0.2, 0.25) is 0 Å². The number of H-pyrrole nitrogens is 1. The summed E-state index contributed by atoms with van der Waals surface area (Å²) in [6.07, 6.45) is -2.02. The normalized spacial score (nSPS) is 11.8. The van der Waals surface area contributed by atoms with E-state index in [0.29, 0.717) is 29.6 Å². The molecule has 0 unspecified atom stereocenters. The molecule has 4 aromatic rings. The van der Waals surface area contributed by atoms with E-state index in [1.165, 1.54) is 48.8 Å². The molecule has 0 radical (unpaired) electrons. The zero-order valence-corrected chi connectivity index (χ0v) is 22.1. The minimum Gasteiger partial charge on any atom is -0.322 e. The molecule has 0 spiro atoms. The van der Waals surface area contributed by atoms with Crippen LogP contribution in [0.15, 0.2) is 59.8 Å². The van der Waals surface area contributed by atoms with Crippen molar-refractivity contribution >= 4 is 34.3 Å². The van der Waals surface area contributed by atoms with Gasteiger partial charge in [-0.1, -0.05) is 12.0 Å². The largest absolute Gasteiger partial charge is 0.446 e. The first-order chi connectivity index (χ1) is 19.4. The van der Waals surface area contributed by atoms with E-state index < -0.39 is 23.2 Å². The van der Waals surface area contributed by atoms with Gasteiger partial charge in [0.05, 0.1) is 16.6 Å². The Bertz CT molecular complexity index is 1610. The van der Waals surface area contributed by atoms with E-state index in [9.17, 15) is 31.1 Å². The van der Waals surface area contributed by atoms with Gasteiger partial charge in [0, 0.05) is 53.6 Å². The number of carbonyl (C=O) groups is 1. The van der Waals surface area contributed by atoms with Crippen molar-refractivity contribution < 1.29 is 31.1 Å². The van der Waals surface area contributed by atoms with Crippen LogP contribution in [0.2, 0.25) is 0 Å². The molecule has 0 aliphatic rings. The predicted molar refractivity (Wildman–Crippen MR) is 143 cm³/mol. The van der Waals surface area contributed by atoms with Gasteiger partial charge < -0.3 is 16.0 Å². The molecule has 0 saturated carbocycles. The number of anilines is 1.